The first-order chi connectivity index (χ1) is 10.2. The number of amides is 1. The van der Waals surface area contributed by atoms with E-state index in [9.17, 15) is 14.7 Å². The summed E-state index contributed by atoms with van der Waals surface area (Å²) in [7, 11) is 0. The summed E-state index contributed by atoms with van der Waals surface area (Å²) in [5.41, 5.74) is 0. The second kappa shape index (κ2) is 6.40. The summed E-state index contributed by atoms with van der Waals surface area (Å²) in [4.78, 5) is 25.7. The van der Waals surface area contributed by atoms with Gasteiger partial charge in [0.15, 0.2) is 0 Å². The number of rotatable bonds is 4. The molecule has 1 aliphatic heterocycles. The minimum atomic E-state index is -0.848. The molecule has 0 aromatic carbocycles. The number of nitrogens with zero attached hydrogens (tertiary/aromatic N) is 1. The van der Waals surface area contributed by atoms with Gasteiger partial charge >= 0.3 is 5.97 Å². The van der Waals surface area contributed by atoms with E-state index in [1.165, 1.54) is 18.2 Å². The maximum absolute atomic E-state index is 12.6. The van der Waals surface area contributed by atoms with Crippen LogP contribution in [0.15, 0.2) is 21.7 Å². The highest BCUT2D eigenvalue weighted by Gasteiger charge is 2.47. The molecule has 1 amide bonds. The van der Waals surface area contributed by atoms with Crippen LogP contribution in [0.25, 0.3) is 0 Å². The fourth-order valence-electron chi connectivity index (χ4n) is 3.59. The van der Waals surface area contributed by atoms with Crippen molar-refractivity contribution >= 4 is 35.0 Å². The Morgan fingerprint density at radius 1 is 1.38 bits per heavy atom. The van der Waals surface area contributed by atoms with E-state index < -0.39 is 12.0 Å². The predicted octanol–water partition coefficient (Wildman–Crippen LogP) is 3.08. The van der Waals surface area contributed by atoms with Gasteiger partial charge in [-0.25, -0.2) is 4.79 Å². The maximum Gasteiger partial charge on any atom is 0.326 e. The van der Waals surface area contributed by atoms with Crippen LogP contribution in [0, 0.1) is 5.92 Å². The standard InChI is InChI=1S/C15H19NO3S2/c17-13(9-21-14-6-3-7-20-14)16-11-5-2-1-4-10(11)8-12(16)15(18)19/h3,6-7,10-12H,1-2,4-5,8-9H2,(H,18,19). The molecule has 0 spiro atoms. The molecule has 3 unspecified atom stereocenters. The Morgan fingerprint density at radius 3 is 2.90 bits per heavy atom. The SMILES string of the molecule is O=C(O)C1CC2CCCCC2N1C(=O)CSc1cccs1. The molecule has 0 bridgehead atoms. The minimum Gasteiger partial charge on any atom is -0.480 e. The summed E-state index contributed by atoms with van der Waals surface area (Å²) < 4.78 is 1.11. The molecule has 2 aliphatic rings. The lowest BCUT2D eigenvalue weighted by atomic mass is 9.85. The highest BCUT2D eigenvalue weighted by Crippen LogP contribution is 2.40. The van der Waals surface area contributed by atoms with E-state index in [-0.39, 0.29) is 11.9 Å². The van der Waals surface area contributed by atoms with Crippen molar-refractivity contribution in [2.75, 3.05) is 5.75 Å². The lowest BCUT2D eigenvalue weighted by Gasteiger charge is -2.32. The van der Waals surface area contributed by atoms with Crippen molar-refractivity contribution in [1.82, 2.24) is 4.90 Å². The third-order valence-corrected chi connectivity index (χ3v) is 6.61. The highest BCUT2D eigenvalue weighted by molar-refractivity contribution is 8.01. The predicted molar refractivity (Wildman–Crippen MR) is 83.7 cm³/mol. The van der Waals surface area contributed by atoms with Crippen molar-refractivity contribution in [2.45, 2.75) is 48.4 Å². The molecule has 4 nitrogen and oxygen atoms in total. The smallest absolute Gasteiger partial charge is 0.326 e. The minimum absolute atomic E-state index is 0.0183. The quantitative estimate of drug-likeness (QED) is 0.864. The van der Waals surface area contributed by atoms with Crippen molar-refractivity contribution < 1.29 is 14.7 Å². The van der Waals surface area contributed by atoms with Crippen molar-refractivity contribution in [3.63, 3.8) is 0 Å². The number of thioether (sulfide) groups is 1. The van der Waals surface area contributed by atoms with Gasteiger partial charge in [-0.2, -0.15) is 0 Å². The zero-order valence-corrected chi connectivity index (χ0v) is 13.4. The van der Waals surface area contributed by atoms with Gasteiger partial charge in [-0.15, -0.1) is 23.1 Å². The molecule has 1 saturated heterocycles. The molecule has 3 atom stereocenters. The molecule has 1 aliphatic carbocycles. The number of hydrogen-bond donors (Lipinski definition) is 1. The first-order valence-electron chi connectivity index (χ1n) is 7.37. The Bertz CT molecular complexity index is 517. The second-order valence-electron chi connectivity index (χ2n) is 5.72. The molecule has 3 rings (SSSR count). The van der Waals surface area contributed by atoms with Crippen LogP contribution >= 0.6 is 23.1 Å². The van der Waals surface area contributed by atoms with E-state index in [0.717, 1.165) is 23.5 Å². The molecule has 1 aromatic heterocycles. The van der Waals surface area contributed by atoms with Crippen molar-refractivity contribution in [3.8, 4) is 0 Å². The number of carboxylic acids is 1. The highest BCUT2D eigenvalue weighted by atomic mass is 32.2. The van der Waals surface area contributed by atoms with Gasteiger partial charge in [-0.05, 0) is 36.6 Å². The molecule has 6 heteroatoms. The first kappa shape index (κ1) is 14.9. The van der Waals surface area contributed by atoms with Crippen LogP contribution in [0.5, 0.6) is 0 Å². The molecule has 0 radical (unpaired) electrons. The number of thiophene rings is 1. The number of aliphatic carboxylic acids is 1. The van der Waals surface area contributed by atoms with Crippen LogP contribution in [-0.4, -0.2) is 39.7 Å². The van der Waals surface area contributed by atoms with Gasteiger partial charge < -0.3 is 10.0 Å². The third-order valence-electron chi connectivity index (χ3n) is 4.49. The fraction of sp³-hybridized carbons (Fsp3) is 0.600. The number of likely N-dealkylation sites (tertiary alicyclic amines) is 1. The second-order valence-corrected chi connectivity index (χ2v) is 7.95. The Hall–Kier alpha value is -1.01. The molecule has 1 aromatic rings. The fourth-order valence-corrected chi connectivity index (χ4v) is 5.25. The van der Waals surface area contributed by atoms with E-state index in [1.807, 2.05) is 17.5 Å². The average Bonchev–Trinajstić information content (AvgIpc) is 3.11. The van der Waals surface area contributed by atoms with Crippen LogP contribution in [0.1, 0.15) is 32.1 Å². The molecule has 2 heterocycles. The largest absolute Gasteiger partial charge is 0.480 e. The number of carbonyl (C=O) groups is 2. The molecular weight excluding hydrogens is 306 g/mol. The zero-order valence-electron chi connectivity index (χ0n) is 11.7. The molecule has 21 heavy (non-hydrogen) atoms. The number of carboxylic acid groups (broad SMARTS) is 1. The van der Waals surface area contributed by atoms with Gasteiger partial charge in [-0.3, -0.25) is 4.79 Å². The summed E-state index contributed by atoms with van der Waals surface area (Å²) in [6.45, 7) is 0. The Labute approximate surface area is 132 Å². The van der Waals surface area contributed by atoms with Crippen LogP contribution < -0.4 is 0 Å². The molecular formula is C15H19NO3S2. The first-order valence-corrected chi connectivity index (χ1v) is 9.23. The van der Waals surface area contributed by atoms with E-state index >= 15 is 0 Å². The number of carbonyl (C=O) groups excluding carboxylic acids is 1. The van der Waals surface area contributed by atoms with Crippen molar-refractivity contribution in [1.29, 1.82) is 0 Å². The van der Waals surface area contributed by atoms with Gasteiger partial charge in [0.05, 0.1) is 9.96 Å². The van der Waals surface area contributed by atoms with Gasteiger partial charge in [0.25, 0.3) is 0 Å². The van der Waals surface area contributed by atoms with E-state index in [0.29, 0.717) is 18.1 Å². The normalized spacial score (nSPS) is 28.4. The Morgan fingerprint density at radius 2 is 2.19 bits per heavy atom. The van der Waals surface area contributed by atoms with Gasteiger partial charge in [0.1, 0.15) is 6.04 Å². The van der Waals surface area contributed by atoms with Gasteiger partial charge in [-0.1, -0.05) is 18.9 Å². The van der Waals surface area contributed by atoms with Crippen LogP contribution in [0.2, 0.25) is 0 Å². The number of fused-ring (bicyclic) bond motifs is 1. The molecule has 114 valence electrons. The van der Waals surface area contributed by atoms with E-state index in [4.69, 9.17) is 0 Å². The summed E-state index contributed by atoms with van der Waals surface area (Å²) >= 11 is 3.12. The molecule has 1 saturated carbocycles. The maximum atomic E-state index is 12.6. The van der Waals surface area contributed by atoms with E-state index in [1.54, 1.807) is 16.2 Å². The average molecular weight is 325 g/mol. The molecule has 1 N–H and O–H groups in total. The van der Waals surface area contributed by atoms with Gasteiger partial charge in [0.2, 0.25) is 5.91 Å². The van der Waals surface area contributed by atoms with Crippen molar-refractivity contribution in [3.05, 3.63) is 17.5 Å². The monoisotopic (exact) mass is 325 g/mol. The lowest BCUT2D eigenvalue weighted by molar-refractivity contribution is -0.148. The summed E-state index contributed by atoms with van der Waals surface area (Å²) in [5.74, 6) is -0.141. The third kappa shape index (κ3) is 3.11. The zero-order chi connectivity index (χ0) is 14.8. The van der Waals surface area contributed by atoms with Crippen LogP contribution in [0.3, 0.4) is 0 Å². The topological polar surface area (TPSA) is 57.6 Å². The Kier molecular flexibility index (Phi) is 4.54. The van der Waals surface area contributed by atoms with E-state index in [2.05, 4.69) is 0 Å². The van der Waals surface area contributed by atoms with Crippen LogP contribution in [0.4, 0.5) is 0 Å². The summed E-state index contributed by atoms with van der Waals surface area (Å²) in [6.07, 6.45) is 4.93. The Balaban J connectivity index is 1.70. The summed E-state index contributed by atoms with van der Waals surface area (Å²) in [5, 5.41) is 11.4. The van der Waals surface area contributed by atoms with Crippen LogP contribution in [-0.2, 0) is 9.59 Å². The van der Waals surface area contributed by atoms with Gasteiger partial charge in [0, 0.05) is 6.04 Å². The van der Waals surface area contributed by atoms with Crippen molar-refractivity contribution in [2.24, 2.45) is 5.92 Å². The lowest BCUT2D eigenvalue weighted by Crippen LogP contribution is -2.47. The summed E-state index contributed by atoms with van der Waals surface area (Å²) in [6, 6.07) is 3.49. The molecule has 2 fully saturated rings. The number of hydrogen-bond acceptors (Lipinski definition) is 4.